The Labute approximate surface area is 77.3 Å². The zero-order chi connectivity index (χ0) is 10.3. The second kappa shape index (κ2) is 6.75. The van der Waals surface area contributed by atoms with Crippen molar-refractivity contribution in [3.05, 3.63) is 0 Å². The number of halogens is 2. The van der Waals surface area contributed by atoms with Gasteiger partial charge in [-0.1, -0.05) is 0 Å². The van der Waals surface area contributed by atoms with E-state index in [4.69, 9.17) is 5.26 Å². The van der Waals surface area contributed by atoms with Gasteiger partial charge in [0.2, 0.25) is 0 Å². The third-order valence-electron chi connectivity index (χ3n) is 1.75. The smallest absolute Gasteiger partial charge is 0.251 e. The molecule has 13 heavy (non-hydrogen) atoms. The van der Waals surface area contributed by atoms with Crippen LogP contribution >= 0.6 is 0 Å². The predicted octanol–water partition coefficient (Wildman–Crippen LogP) is 0.685. The molecule has 0 saturated heterocycles. The van der Waals surface area contributed by atoms with Gasteiger partial charge in [-0.3, -0.25) is 0 Å². The second-order valence-corrected chi connectivity index (χ2v) is 2.91. The standard InChI is InChI=1S/C8H15F2N3/c1-12-7(5-11)3-4-13(2)6-8(9)10/h7-8,12H,3-4,6H2,1-2H3. The molecular weight excluding hydrogens is 176 g/mol. The van der Waals surface area contributed by atoms with Crippen LogP contribution in [0.25, 0.3) is 0 Å². The molecular formula is C8H15F2N3. The summed E-state index contributed by atoms with van der Waals surface area (Å²) in [6.45, 7) is 0.269. The average Bonchev–Trinajstić information content (AvgIpc) is 2.05. The number of alkyl halides is 2. The molecule has 0 aliphatic carbocycles. The van der Waals surface area contributed by atoms with Crippen molar-refractivity contribution in [2.24, 2.45) is 0 Å². The van der Waals surface area contributed by atoms with Crippen molar-refractivity contribution in [1.82, 2.24) is 10.2 Å². The van der Waals surface area contributed by atoms with E-state index in [1.165, 1.54) is 4.90 Å². The first-order chi connectivity index (χ1) is 6.10. The monoisotopic (exact) mass is 191 g/mol. The molecule has 1 unspecified atom stereocenters. The highest BCUT2D eigenvalue weighted by Crippen LogP contribution is 1.98. The van der Waals surface area contributed by atoms with Gasteiger partial charge in [-0.25, -0.2) is 8.78 Å². The van der Waals surface area contributed by atoms with Gasteiger partial charge in [0.05, 0.1) is 18.7 Å². The normalized spacial score (nSPS) is 13.3. The van der Waals surface area contributed by atoms with Crippen molar-refractivity contribution in [2.45, 2.75) is 18.9 Å². The summed E-state index contributed by atoms with van der Waals surface area (Å²) in [5, 5.41) is 11.3. The first kappa shape index (κ1) is 12.3. The summed E-state index contributed by atoms with van der Waals surface area (Å²) in [4.78, 5) is 1.52. The molecule has 0 radical (unpaired) electrons. The third kappa shape index (κ3) is 6.43. The quantitative estimate of drug-likeness (QED) is 0.671. The molecule has 1 atom stereocenters. The summed E-state index contributed by atoms with van der Waals surface area (Å²) in [5.74, 6) is 0. The Morgan fingerprint density at radius 2 is 2.15 bits per heavy atom. The van der Waals surface area contributed by atoms with Crippen molar-refractivity contribution in [3.8, 4) is 6.07 Å². The summed E-state index contributed by atoms with van der Waals surface area (Å²) in [5.41, 5.74) is 0. The molecule has 0 amide bonds. The van der Waals surface area contributed by atoms with Crippen molar-refractivity contribution >= 4 is 0 Å². The van der Waals surface area contributed by atoms with Gasteiger partial charge in [0.1, 0.15) is 0 Å². The Bertz CT molecular complexity index is 167. The summed E-state index contributed by atoms with van der Waals surface area (Å²) < 4.78 is 23.7. The molecule has 5 heteroatoms. The predicted molar refractivity (Wildman–Crippen MR) is 46.6 cm³/mol. The summed E-state index contributed by atoms with van der Waals surface area (Å²) in [6.07, 6.45) is -1.74. The van der Waals surface area contributed by atoms with Crippen LogP contribution in [0.1, 0.15) is 6.42 Å². The SMILES string of the molecule is CNC(C#N)CCN(C)CC(F)F. The lowest BCUT2D eigenvalue weighted by Crippen LogP contribution is -2.31. The number of rotatable bonds is 6. The van der Waals surface area contributed by atoms with Crippen LogP contribution in [0.4, 0.5) is 8.78 Å². The maximum Gasteiger partial charge on any atom is 0.251 e. The van der Waals surface area contributed by atoms with Crippen LogP contribution in [0.3, 0.4) is 0 Å². The number of hydrogen-bond acceptors (Lipinski definition) is 3. The van der Waals surface area contributed by atoms with E-state index in [1.807, 2.05) is 6.07 Å². The second-order valence-electron chi connectivity index (χ2n) is 2.91. The van der Waals surface area contributed by atoms with Gasteiger partial charge in [0.15, 0.2) is 0 Å². The Balaban J connectivity index is 3.57. The number of nitrogens with one attached hydrogen (secondary N) is 1. The molecule has 0 aromatic heterocycles. The van der Waals surface area contributed by atoms with Crippen LogP contribution in [0.15, 0.2) is 0 Å². The summed E-state index contributed by atoms with van der Waals surface area (Å²) in [7, 11) is 3.30. The fourth-order valence-electron chi connectivity index (χ4n) is 0.950. The Kier molecular flexibility index (Phi) is 6.37. The van der Waals surface area contributed by atoms with E-state index in [9.17, 15) is 8.78 Å². The van der Waals surface area contributed by atoms with E-state index < -0.39 is 6.43 Å². The highest BCUT2D eigenvalue weighted by molar-refractivity contribution is 4.88. The van der Waals surface area contributed by atoms with Crippen LogP contribution in [-0.2, 0) is 0 Å². The summed E-state index contributed by atoms with van der Waals surface area (Å²) in [6, 6.07) is 1.79. The van der Waals surface area contributed by atoms with Gasteiger partial charge in [-0.2, -0.15) is 5.26 Å². The lowest BCUT2D eigenvalue weighted by atomic mass is 10.2. The van der Waals surface area contributed by atoms with Gasteiger partial charge in [-0.15, -0.1) is 0 Å². The molecule has 0 heterocycles. The van der Waals surface area contributed by atoms with Gasteiger partial charge in [0.25, 0.3) is 6.43 Å². The molecule has 76 valence electrons. The van der Waals surface area contributed by atoms with Crippen molar-refractivity contribution in [2.75, 3.05) is 27.2 Å². The van der Waals surface area contributed by atoms with Gasteiger partial charge in [0, 0.05) is 6.54 Å². The van der Waals surface area contributed by atoms with Crippen LogP contribution in [-0.4, -0.2) is 44.6 Å². The molecule has 3 nitrogen and oxygen atoms in total. The molecule has 1 N–H and O–H groups in total. The zero-order valence-corrected chi connectivity index (χ0v) is 7.93. The first-order valence-electron chi connectivity index (χ1n) is 4.13. The lowest BCUT2D eigenvalue weighted by Gasteiger charge is -2.17. The fourth-order valence-corrected chi connectivity index (χ4v) is 0.950. The molecule has 0 rings (SSSR count). The molecule has 0 aliphatic rings. The van der Waals surface area contributed by atoms with Crippen LogP contribution in [0.5, 0.6) is 0 Å². The molecule has 0 spiro atoms. The van der Waals surface area contributed by atoms with Crippen molar-refractivity contribution in [1.29, 1.82) is 5.26 Å². The lowest BCUT2D eigenvalue weighted by molar-refractivity contribution is 0.0993. The minimum absolute atomic E-state index is 0.234. The Morgan fingerprint density at radius 3 is 2.54 bits per heavy atom. The maximum absolute atomic E-state index is 11.9. The number of hydrogen-bond donors (Lipinski definition) is 1. The number of nitriles is 1. The Hall–Kier alpha value is -0.730. The van der Waals surface area contributed by atoms with E-state index in [0.29, 0.717) is 13.0 Å². The average molecular weight is 191 g/mol. The fraction of sp³-hybridized carbons (Fsp3) is 0.875. The third-order valence-corrected chi connectivity index (χ3v) is 1.75. The molecule has 0 aromatic rings. The van der Waals surface area contributed by atoms with E-state index in [-0.39, 0.29) is 12.6 Å². The van der Waals surface area contributed by atoms with E-state index >= 15 is 0 Å². The minimum Gasteiger partial charge on any atom is -0.305 e. The molecule has 0 saturated carbocycles. The first-order valence-corrected chi connectivity index (χ1v) is 4.13. The highest BCUT2D eigenvalue weighted by atomic mass is 19.3. The van der Waals surface area contributed by atoms with Crippen LogP contribution < -0.4 is 5.32 Å². The van der Waals surface area contributed by atoms with Crippen molar-refractivity contribution < 1.29 is 8.78 Å². The van der Waals surface area contributed by atoms with E-state index in [0.717, 1.165) is 0 Å². The van der Waals surface area contributed by atoms with Gasteiger partial charge in [-0.05, 0) is 20.5 Å². The Morgan fingerprint density at radius 1 is 1.54 bits per heavy atom. The molecule has 0 fully saturated rings. The molecule has 0 aliphatic heterocycles. The van der Waals surface area contributed by atoms with Crippen molar-refractivity contribution in [3.63, 3.8) is 0 Å². The van der Waals surface area contributed by atoms with Crippen LogP contribution in [0.2, 0.25) is 0 Å². The topological polar surface area (TPSA) is 39.1 Å². The minimum atomic E-state index is -2.31. The number of nitrogens with zero attached hydrogens (tertiary/aromatic N) is 2. The molecule has 0 bridgehead atoms. The zero-order valence-electron chi connectivity index (χ0n) is 7.93. The molecule has 0 aromatic carbocycles. The van der Waals surface area contributed by atoms with E-state index in [2.05, 4.69) is 5.32 Å². The van der Waals surface area contributed by atoms with Gasteiger partial charge < -0.3 is 10.2 Å². The highest BCUT2D eigenvalue weighted by Gasteiger charge is 2.09. The largest absolute Gasteiger partial charge is 0.305 e. The van der Waals surface area contributed by atoms with Gasteiger partial charge >= 0.3 is 0 Å². The van der Waals surface area contributed by atoms with Crippen LogP contribution in [0, 0.1) is 11.3 Å². The van der Waals surface area contributed by atoms with E-state index in [1.54, 1.807) is 14.1 Å². The maximum atomic E-state index is 11.9. The summed E-state index contributed by atoms with van der Waals surface area (Å²) >= 11 is 0.